The van der Waals surface area contributed by atoms with E-state index in [4.69, 9.17) is 11.6 Å². The van der Waals surface area contributed by atoms with Crippen molar-refractivity contribution >= 4 is 11.6 Å². The van der Waals surface area contributed by atoms with Crippen LogP contribution in [0, 0.1) is 11.6 Å². The second-order valence-electron chi connectivity index (χ2n) is 3.92. The van der Waals surface area contributed by atoms with Crippen LogP contribution in [0.15, 0.2) is 42.5 Å². The molecule has 18 heavy (non-hydrogen) atoms. The topological polar surface area (TPSA) is 12.0 Å². The van der Waals surface area contributed by atoms with Gasteiger partial charge in [-0.3, -0.25) is 0 Å². The molecule has 0 spiro atoms. The molecule has 0 aliphatic carbocycles. The summed E-state index contributed by atoms with van der Waals surface area (Å²) in [6.07, 6.45) is 0. The van der Waals surface area contributed by atoms with E-state index >= 15 is 0 Å². The van der Waals surface area contributed by atoms with Gasteiger partial charge in [-0.1, -0.05) is 35.9 Å². The summed E-state index contributed by atoms with van der Waals surface area (Å²) in [5.74, 6) is -0.814. The minimum atomic E-state index is -0.481. The van der Waals surface area contributed by atoms with Gasteiger partial charge in [0.15, 0.2) is 0 Å². The molecule has 2 rings (SSSR count). The lowest BCUT2D eigenvalue weighted by Crippen LogP contribution is -2.18. The van der Waals surface area contributed by atoms with Crippen molar-refractivity contribution in [3.05, 3.63) is 70.2 Å². The highest BCUT2D eigenvalue weighted by Gasteiger charge is 2.17. The van der Waals surface area contributed by atoms with Gasteiger partial charge in [-0.15, -0.1) is 0 Å². The Kier molecular flexibility index (Phi) is 3.94. The molecule has 4 heteroatoms. The minimum absolute atomic E-state index is 0.0566. The zero-order chi connectivity index (χ0) is 13.1. The highest BCUT2D eigenvalue weighted by atomic mass is 35.5. The van der Waals surface area contributed by atoms with Crippen molar-refractivity contribution in [2.45, 2.75) is 6.04 Å². The zero-order valence-corrected chi connectivity index (χ0v) is 10.5. The molecule has 0 aliphatic rings. The quantitative estimate of drug-likeness (QED) is 0.889. The van der Waals surface area contributed by atoms with Gasteiger partial charge in [0.05, 0.1) is 11.1 Å². The summed E-state index contributed by atoms with van der Waals surface area (Å²) in [6, 6.07) is 10.4. The number of nitrogens with one attached hydrogen (secondary N) is 1. The predicted molar refractivity (Wildman–Crippen MR) is 68.7 cm³/mol. The van der Waals surface area contributed by atoms with E-state index < -0.39 is 5.82 Å². The Labute approximate surface area is 109 Å². The van der Waals surface area contributed by atoms with E-state index in [0.29, 0.717) is 11.1 Å². The van der Waals surface area contributed by atoms with Gasteiger partial charge in [0, 0.05) is 0 Å². The van der Waals surface area contributed by atoms with E-state index in [1.807, 2.05) is 0 Å². The summed E-state index contributed by atoms with van der Waals surface area (Å²) in [4.78, 5) is 0. The fourth-order valence-electron chi connectivity index (χ4n) is 1.93. The zero-order valence-electron chi connectivity index (χ0n) is 9.75. The highest BCUT2D eigenvalue weighted by Crippen LogP contribution is 2.30. The first-order valence-corrected chi connectivity index (χ1v) is 5.88. The van der Waals surface area contributed by atoms with Crippen LogP contribution >= 0.6 is 11.6 Å². The number of rotatable bonds is 3. The Morgan fingerprint density at radius 3 is 2.50 bits per heavy atom. The van der Waals surface area contributed by atoms with Gasteiger partial charge >= 0.3 is 0 Å². The SMILES string of the molecule is CNC(c1cccc(F)c1)c1cccc(F)c1Cl. The molecule has 0 fully saturated rings. The number of hydrogen-bond donors (Lipinski definition) is 1. The molecule has 0 heterocycles. The average molecular weight is 268 g/mol. The van der Waals surface area contributed by atoms with E-state index in [1.165, 1.54) is 18.2 Å². The molecule has 0 radical (unpaired) electrons. The largest absolute Gasteiger partial charge is 0.309 e. The van der Waals surface area contributed by atoms with Crippen LogP contribution in [0.4, 0.5) is 8.78 Å². The smallest absolute Gasteiger partial charge is 0.142 e. The number of hydrogen-bond acceptors (Lipinski definition) is 1. The van der Waals surface area contributed by atoms with Gasteiger partial charge in [-0.05, 0) is 36.4 Å². The van der Waals surface area contributed by atoms with Crippen molar-refractivity contribution < 1.29 is 8.78 Å². The van der Waals surface area contributed by atoms with Crippen LogP contribution in [0.5, 0.6) is 0 Å². The van der Waals surface area contributed by atoms with Gasteiger partial charge < -0.3 is 5.32 Å². The van der Waals surface area contributed by atoms with Crippen molar-refractivity contribution in [3.8, 4) is 0 Å². The van der Waals surface area contributed by atoms with Crippen LogP contribution in [-0.2, 0) is 0 Å². The predicted octanol–water partition coefficient (Wildman–Crippen LogP) is 3.93. The summed E-state index contributed by atoms with van der Waals surface area (Å²) in [5.41, 5.74) is 1.29. The monoisotopic (exact) mass is 267 g/mol. The van der Waals surface area contributed by atoms with Crippen LogP contribution in [0.25, 0.3) is 0 Å². The van der Waals surface area contributed by atoms with Crippen LogP contribution in [0.3, 0.4) is 0 Å². The van der Waals surface area contributed by atoms with Gasteiger partial charge in [-0.2, -0.15) is 0 Å². The molecule has 1 N–H and O–H groups in total. The average Bonchev–Trinajstić information content (AvgIpc) is 2.35. The third kappa shape index (κ3) is 2.52. The fourth-order valence-corrected chi connectivity index (χ4v) is 2.17. The van der Waals surface area contributed by atoms with Gasteiger partial charge in [0.2, 0.25) is 0 Å². The third-order valence-corrected chi connectivity index (χ3v) is 3.16. The minimum Gasteiger partial charge on any atom is -0.309 e. The van der Waals surface area contributed by atoms with E-state index in [0.717, 1.165) is 0 Å². The molecule has 0 saturated carbocycles. The molecule has 0 aliphatic heterocycles. The second-order valence-corrected chi connectivity index (χ2v) is 4.30. The second kappa shape index (κ2) is 5.46. The molecule has 0 aromatic heterocycles. The normalized spacial score (nSPS) is 12.4. The molecule has 0 bridgehead atoms. The van der Waals surface area contributed by atoms with Crippen LogP contribution in [0.2, 0.25) is 5.02 Å². The van der Waals surface area contributed by atoms with E-state index in [-0.39, 0.29) is 16.9 Å². The maximum atomic E-state index is 13.4. The van der Waals surface area contributed by atoms with E-state index in [9.17, 15) is 8.78 Å². The van der Waals surface area contributed by atoms with Crippen molar-refractivity contribution in [3.63, 3.8) is 0 Å². The molecule has 1 unspecified atom stereocenters. The van der Waals surface area contributed by atoms with Crippen LogP contribution in [-0.4, -0.2) is 7.05 Å². The third-order valence-electron chi connectivity index (χ3n) is 2.76. The summed E-state index contributed by atoms with van der Waals surface area (Å²) in [7, 11) is 1.72. The maximum Gasteiger partial charge on any atom is 0.142 e. The molecule has 94 valence electrons. The molecule has 1 nitrogen and oxygen atoms in total. The van der Waals surface area contributed by atoms with Gasteiger partial charge in [0.25, 0.3) is 0 Å². The van der Waals surface area contributed by atoms with Crippen LogP contribution < -0.4 is 5.32 Å². The van der Waals surface area contributed by atoms with Crippen molar-refractivity contribution in [2.24, 2.45) is 0 Å². The first kappa shape index (κ1) is 13.0. The first-order chi connectivity index (χ1) is 8.63. The Balaban J connectivity index is 2.49. The molecule has 1 atom stereocenters. The highest BCUT2D eigenvalue weighted by molar-refractivity contribution is 6.31. The summed E-state index contributed by atoms with van der Waals surface area (Å²) >= 11 is 5.95. The number of halogens is 3. The molecular weight excluding hydrogens is 256 g/mol. The lowest BCUT2D eigenvalue weighted by atomic mass is 9.98. The first-order valence-electron chi connectivity index (χ1n) is 5.50. The molecule has 0 saturated heterocycles. The van der Waals surface area contributed by atoms with Gasteiger partial charge in [0.1, 0.15) is 11.6 Å². The Morgan fingerprint density at radius 1 is 1.11 bits per heavy atom. The Morgan fingerprint density at radius 2 is 1.83 bits per heavy atom. The van der Waals surface area contributed by atoms with Crippen molar-refractivity contribution in [2.75, 3.05) is 7.05 Å². The molecular formula is C14H12ClF2N. The lowest BCUT2D eigenvalue weighted by molar-refractivity contribution is 0.608. The summed E-state index contributed by atoms with van der Waals surface area (Å²) in [6.45, 7) is 0. The van der Waals surface area contributed by atoms with E-state index in [1.54, 1.807) is 31.3 Å². The fraction of sp³-hybridized carbons (Fsp3) is 0.143. The standard InChI is InChI=1S/C14H12ClF2N/c1-18-14(9-4-2-5-10(16)8-9)11-6-3-7-12(17)13(11)15/h2-8,14,18H,1H3. The summed E-state index contributed by atoms with van der Waals surface area (Å²) in [5, 5.41) is 3.07. The number of benzene rings is 2. The molecule has 0 amide bonds. The van der Waals surface area contributed by atoms with Gasteiger partial charge in [-0.25, -0.2) is 8.78 Å². The van der Waals surface area contributed by atoms with Crippen molar-refractivity contribution in [1.82, 2.24) is 5.32 Å². The summed E-state index contributed by atoms with van der Waals surface area (Å²) < 4.78 is 26.7. The molecule has 2 aromatic carbocycles. The molecule has 2 aromatic rings. The Hall–Kier alpha value is -1.45. The lowest BCUT2D eigenvalue weighted by Gasteiger charge is -2.18. The van der Waals surface area contributed by atoms with Crippen molar-refractivity contribution in [1.29, 1.82) is 0 Å². The maximum absolute atomic E-state index is 13.4. The van der Waals surface area contributed by atoms with Crippen LogP contribution in [0.1, 0.15) is 17.2 Å². The van der Waals surface area contributed by atoms with E-state index in [2.05, 4.69) is 5.32 Å². The Bertz CT molecular complexity index is 557.